The molecule has 0 saturated carbocycles. The number of piperidine rings is 1. The smallest absolute Gasteiger partial charge is 0.251 e. The molecule has 3 N–H and O–H groups in total. The van der Waals surface area contributed by atoms with Gasteiger partial charge in [0.2, 0.25) is 17.7 Å². The molecule has 0 spiro atoms. The normalized spacial score (nSPS) is 18.5. The molecule has 1 unspecified atom stereocenters. The third-order valence-corrected chi connectivity index (χ3v) is 5.78. The zero-order valence-electron chi connectivity index (χ0n) is 16.5. The summed E-state index contributed by atoms with van der Waals surface area (Å²) in [6.07, 6.45) is 1.33. The van der Waals surface area contributed by atoms with Crippen LogP contribution in [-0.4, -0.2) is 30.2 Å². The second kappa shape index (κ2) is 9.21. The topological polar surface area (TPSA) is 104 Å². The number of anilines is 1. The number of hydrogen-bond acceptors (Lipinski definition) is 4. The molecule has 3 rings (SSSR count). The zero-order chi connectivity index (χ0) is 21.7. The van der Waals surface area contributed by atoms with Crippen LogP contribution in [0.4, 0.5) is 5.69 Å². The van der Waals surface area contributed by atoms with Crippen molar-refractivity contribution < 1.29 is 19.2 Å². The lowest BCUT2D eigenvalue weighted by atomic mass is 9.72. The van der Waals surface area contributed by atoms with Crippen molar-refractivity contribution in [1.29, 1.82) is 0 Å². The average Bonchev–Trinajstić information content (AvgIpc) is 2.73. The highest BCUT2D eigenvalue weighted by Gasteiger charge is 2.42. The number of rotatable bonds is 6. The van der Waals surface area contributed by atoms with E-state index in [4.69, 9.17) is 0 Å². The van der Waals surface area contributed by atoms with Gasteiger partial charge in [0.25, 0.3) is 5.91 Å². The lowest BCUT2D eigenvalue weighted by molar-refractivity contribution is -0.138. The molecule has 156 valence electrons. The monoisotopic (exact) mass is 471 g/mol. The summed E-state index contributed by atoms with van der Waals surface area (Å²) in [5.74, 6) is -1.24. The number of amides is 4. The number of imide groups is 1. The molecule has 2 aromatic rings. The number of carbonyl (C=O) groups is 4. The number of benzene rings is 2. The summed E-state index contributed by atoms with van der Waals surface area (Å²) in [4.78, 5) is 48.2. The van der Waals surface area contributed by atoms with E-state index in [2.05, 4.69) is 31.9 Å². The predicted molar refractivity (Wildman–Crippen MR) is 116 cm³/mol. The molecule has 0 aliphatic carbocycles. The van der Waals surface area contributed by atoms with Gasteiger partial charge >= 0.3 is 0 Å². The Bertz CT molecular complexity index is 990. The number of hydrogen-bond donors (Lipinski definition) is 3. The Hall–Kier alpha value is -3.00. The minimum absolute atomic E-state index is 0.170. The van der Waals surface area contributed by atoms with E-state index in [0.29, 0.717) is 30.5 Å². The van der Waals surface area contributed by atoms with E-state index in [1.54, 1.807) is 42.5 Å². The fraction of sp³-hybridized carbons (Fsp3) is 0.273. The van der Waals surface area contributed by atoms with Gasteiger partial charge in [-0.15, -0.1) is 0 Å². The largest absolute Gasteiger partial charge is 0.343 e. The van der Waals surface area contributed by atoms with Gasteiger partial charge in [-0.25, -0.2) is 0 Å². The molecule has 1 heterocycles. The zero-order valence-corrected chi connectivity index (χ0v) is 18.0. The molecular weight excluding hydrogens is 450 g/mol. The van der Waals surface area contributed by atoms with Gasteiger partial charge in [0.1, 0.15) is 0 Å². The maximum absolute atomic E-state index is 12.5. The van der Waals surface area contributed by atoms with Gasteiger partial charge in [-0.3, -0.25) is 24.5 Å². The Morgan fingerprint density at radius 1 is 1.13 bits per heavy atom. The van der Waals surface area contributed by atoms with Gasteiger partial charge in [0, 0.05) is 22.1 Å². The van der Waals surface area contributed by atoms with E-state index in [1.807, 2.05) is 13.0 Å². The fourth-order valence-corrected chi connectivity index (χ4v) is 3.94. The molecule has 1 aliphatic heterocycles. The molecule has 1 aliphatic rings. The summed E-state index contributed by atoms with van der Waals surface area (Å²) in [5.41, 5.74) is 1.07. The Morgan fingerprint density at radius 3 is 2.50 bits per heavy atom. The first-order valence-corrected chi connectivity index (χ1v) is 10.4. The Kier molecular flexibility index (Phi) is 6.66. The van der Waals surface area contributed by atoms with Gasteiger partial charge in [0.15, 0.2) is 0 Å². The summed E-state index contributed by atoms with van der Waals surface area (Å²) < 4.78 is 0.778. The maximum atomic E-state index is 12.5. The molecule has 30 heavy (non-hydrogen) atoms. The highest BCUT2D eigenvalue weighted by molar-refractivity contribution is 9.10. The van der Waals surface area contributed by atoms with Crippen molar-refractivity contribution in [1.82, 2.24) is 10.6 Å². The van der Waals surface area contributed by atoms with Crippen molar-refractivity contribution in [2.45, 2.75) is 31.6 Å². The van der Waals surface area contributed by atoms with E-state index < -0.39 is 5.41 Å². The number of halogens is 1. The van der Waals surface area contributed by atoms with Crippen LogP contribution in [0.3, 0.4) is 0 Å². The van der Waals surface area contributed by atoms with Crippen LogP contribution in [0, 0.1) is 0 Å². The minimum atomic E-state index is -0.742. The summed E-state index contributed by atoms with van der Waals surface area (Å²) >= 11 is 3.30. The number of nitrogens with one attached hydrogen (secondary N) is 3. The Morgan fingerprint density at radius 2 is 1.87 bits per heavy atom. The highest BCUT2D eigenvalue weighted by Crippen LogP contribution is 2.36. The van der Waals surface area contributed by atoms with Crippen molar-refractivity contribution in [3.63, 3.8) is 0 Å². The van der Waals surface area contributed by atoms with Crippen LogP contribution < -0.4 is 16.0 Å². The molecule has 8 heteroatoms. The Labute approximate surface area is 182 Å². The van der Waals surface area contributed by atoms with Crippen LogP contribution in [-0.2, 0) is 19.8 Å². The summed E-state index contributed by atoms with van der Waals surface area (Å²) in [6, 6.07) is 13.9. The molecule has 0 bridgehead atoms. The molecule has 0 radical (unpaired) electrons. The third-order valence-electron chi connectivity index (χ3n) is 5.29. The van der Waals surface area contributed by atoms with E-state index in [1.165, 1.54) is 0 Å². The van der Waals surface area contributed by atoms with E-state index >= 15 is 0 Å². The molecule has 4 amide bonds. The first kappa shape index (κ1) is 21.7. The molecule has 1 fully saturated rings. The lowest BCUT2D eigenvalue weighted by Crippen LogP contribution is -2.51. The molecule has 1 atom stereocenters. The van der Waals surface area contributed by atoms with Gasteiger partial charge in [-0.05, 0) is 48.7 Å². The van der Waals surface area contributed by atoms with Gasteiger partial charge in [0.05, 0.1) is 12.0 Å². The van der Waals surface area contributed by atoms with Crippen LogP contribution >= 0.6 is 15.9 Å². The molecule has 1 saturated heterocycles. The average molecular weight is 472 g/mol. The molecule has 0 aromatic heterocycles. The van der Waals surface area contributed by atoms with Crippen molar-refractivity contribution in [3.8, 4) is 0 Å². The van der Waals surface area contributed by atoms with Crippen LogP contribution in [0.5, 0.6) is 0 Å². The quantitative estimate of drug-likeness (QED) is 0.563. The van der Waals surface area contributed by atoms with Gasteiger partial charge in [-0.1, -0.05) is 41.1 Å². The van der Waals surface area contributed by atoms with Crippen molar-refractivity contribution in [2.24, 2.45) is 0 Å². The van der Waals surface area contributed by atoms with E-state index in [0.717, 1.165) is 10.0 Å². The van der Waals surface area contributed by atoms with Crippen molar-refractivity contribution in [2.75, 3.05) is 11.9 Å². The minimum Gasteiger partial charge on any atom is -0.343 e. The van der Waals surface area contributed by atoms with E-state index in [-0.39, 0.29) is 30.2 Å². The predicted octanol–water partition coefficient (Wildman–Crippen LogP) is 2.90. The van der Waals surface area contributed by atoms with Crippen LogP contribution in [0.1, 0.15) is 42.1 Å². The number of carbonyl (C=O) groups excluding carboxylic acids is 4. The fourth-order valence-electron chi connectivity index (χ4n) is 3.54. The highest BCUT2D eigenvalue weighted by atomic mass is 79.9. The Balaban J connectivity index is 1.60. The summed E-state index contributed by atoms with van der Waals surface area (Å²) in [5, 5.41) is 7.72. The lowest BCUT2D eigenvalue weighted by Gasteiger charge is -2.35. The first-order chi connectivity index (χ1) is 14.3. The maximum Gasteiger partial charge on any atom is 0.251 e. The van der Waals surface area contributed by atoms with Crippen molar-refractivity contribution in [3.05, 3.63) is 64.1 Å². The molecule has 2 aromatic carbocycles. The van der Waals surface area contributed by atoms with Gasteiger partial charge < -0.3 is 10.6 Å². The van der Waals surface area contributed by atoms with Crippen LogP contribution in [0.15, 0.2) is 53.0 Å². The van der Waals surface area contributed by atoms with E-state index in [9.17, 15) is 19.2 Å². The summed E-state index contributed by atoms with van der Waals surface area (Å²) in [6.45, 7) is 1.75. The second-order valence-electron chi connectivity index (χ2n) is 7.13. The van der Waals surface area contributed by atoms with Crippen LogP contribution in [0.2, 0.25) is 0 Å². The van der Waals surface area contributed by atoms with Crippen molar-refractivity contribution >= 4 is 45.2 Å². The third kappa shape index (κ3) is 4.76. The second-order valence-corrected chi connectivity index (χ2v) is 8.05. The first-order valence-electron chi connectivity index (χ1n) is 9.62. The molecular formula is C22H22BrN3O4. The summed E-state index contributed by atoms with van der Waals surface area (Å²) in [7, 11) is 0. The SMILES string of the molecule is CCC1(c2ccc(NC(=O)CNC(=O)c3cccc(Br)c3)cc2)CCC(=O)NC1=O. The standard InChI is InChI=1S/C22H22BrN3O4/c1-2-22(11-10-18(27)26-21(22)30)15-6-8-17(9-7-15)25-19(28)13-24-20(29)14-4-3-5-16(23)12-14/h3-9,12H,2,10-11,13H2,1H3,(H,24,29)(H,25,28)(H,26,27,30). The van der Waals surface area contributed by atoms with Crippen LogP contribution in [0.25, 0.3) is 0 Å². The molecule has 7 nitrogen and oxygen atoms in total. The van der Waals surface area contributed by atoms with Gasteiger partial charge in [-0.2, -0.15) is 0 Å².